The minimum Gasteiger partial charge on any atom is -0.460 e. The number of esters is 1. The Kier molecular flexibility index (Phi) is 18.7. The molecule has 1 unspecified atom stereocenters. The number of aromatic nitrogens is 1. The summed E-state index contributed by atoms with van der Waals surface area (Å²) >= 11 is 0. The van der Waals surface area contributed by atoms with E-state index in [0.717, 1.165) is 50.9 Å². The molecule has 14 heteroatoms. The minimum absolute atomic E-state index is 0.0626. The molecule has 3 amide bonds. The van der Waals surface area contributed by atoms with Crippen LogP contribution in [0.5, 0.6) is 0 Å². The highest BCUT2D eigenvalue weighted by atomic mass is 16.6. The van der Waals surface area contributed by atoms with Crippen LogP contribution in [-0.2, 0) is 30.2 Å². The van der Waals surface area contributed by atoms with Crippen LogP contribution in [0, 0.1) is 0 Å². The first-order chi connectivity index (χ1) is 31.8. The molecular weight excluding hydrogens is 837 g/mol. The zero-order chi connectivity index (χ0) is 46.9. The summed E-state index contributed by atoms with van der Waals surface area (Å²) in [6, 6.07) is 24.5. The molecule has 1 fully saturated rings. The standard InChI is InChI=1S/C52H68N6O8/c1-52(2,3)66-48(59)22-29-63-31-33-65-34-32-64-30-28-56(4)26-27-57(5)51(62)41-16-11-15-39(35-41)49(60)55-46-20-19-42(58-24-9-6-10-25-58)37-44(46)47-36-40(21-23-53-47)50(61)54-45-18-12-14-38-13-7-8-17-43(38)45/h7-8,11,13,15-17,19-21,23,35-37,45H,6,9-10,12,14,18,22,24-34H2,1-5H3,(H,54,61)(H,55,60). The Morgan fingerprint density at radius 3 is 2.21 bits per heavy atom. The van der Waals surface area contributed by atoms with Gasteiger partial charge in [0.05, 0.1) is 63.5 Å². The predicted molar refractivity (Wildman–Crippen MR) is 257 cm³/mol. The lowest BCUT2D eigenvalue weighted by Gasteiger charge is -2.29. The molecule has 1 atom stereocenters. The molecule has 66 heavy (non-hydrogen) atoms. The summed E-state index contributed by atoms with van der Waals surface area (Å²) in [4.78, 5) is 63.8. The van der Waals surface area contributed by atoms with Gasteiger partial charge in [0.2, 0.25) is 0 Å². The number of hydrogen-bond acceptors (Lipinski definition) is 11. The van der Waals surface area contributed by atoms with Crippen LogP contribution in [0.25, 0.3) is 11.3 Å². The third kappa shape index (κ3) is 15.2. The topological polar surface area (TPSA) is 152 Å². The molecular formula is C52H68N6O8. The van der Waals surface area contributed by atoms with Gasteiger partial charge in [0.15, 0.2) is 0 Å². The predicted octanol–water partition coefficient (Wildman–Crippen LogP) is 7.58. The van der Waals surface area contributed by atoms with Crippen molar-refractivity contribution in [3.8, 4) is 11.3 Å². The lowest BCUT2D eigenvalue weighted by atomic mass is 9.87. The Morgan fingerprint density at radius 2 is 1.44 bits per heavy atom. The molecule has 2 N–H and O–H groups in total. The number of piperidine rings is 1. The number of fused-ring (bicyclic) bond motifs is 1. The monoisotopic (exact) mass is 905 g/mol. The van der Waals surface area contributed by atoms with Crippen molar-refractivity contribution in [3.63, 3.8) is 0 Å². The van der Waals surface area contributed by atoms with Crippen molar-refractivity contribution in [2.45, 2.75) is 77.4 Å². The number of hydrogen-bond donors (Lipinski definition) is 2. The van der Waals surface area contributed by atoms with Crippen molar-refractivity contribution in [2.75, 3.05) is 96.7 Å². The van der Waals surface area contributed by atoms with Crippen LogP contribution in [0.3, 0.4) is 0 Å². The summed E-state index contributed by atoms with van der Waals surface area (Å²) < 4.78 is 22.0. The Balaban J connectivity index is 0.993. The number of carbonyl (C=O) groups is 4. The number of nitrogens with one attached hydrogen (secondary N) is 2. The first-order valence-electron chi connectivity index (χ1n) is 23.4. The molecule has 354 valence electrons. The van der Waals surface area contributed by atoms with Crippen molar-refractivity contribution in [1.82, 2.24) is 20.1 Å². The molecule has 14 nitrogen and oxygen atoms in total. The highest BCUT2D eigenvalue weighted by molar-refractivity contribution is 6.08. The quantitative estimate of drug-likeness (QED) is 0.0593. The zero-order valence-electron chi connectivity index (χ0n) is 39.4. The molecule has 2 aliphatic rings. The molecule has 0 bridgehead atoms. The fourth-order valence-electron chi connectivity index (χ4n) is 8.12. The zero-order valence-corrected chi connectivity index (χ0v) is 39.4. The number of likely N-dealkylation sites (N-methyl/N-ethyl adjacent to an activating group) is 2. The molecule has 1 aliphatic heterocycles. The number of benzene rings is 3. The summed E-state index contributed by atoms with van der Waals surface area (Å²) in [6.07, 6.45) is 8.17. The van der Waals surface area contributed by atoms with Gasteiger partial charge < -0.3 is 44.3 Å². The van der Waals surface area contributed by atoms with Gasteiger partial charge in [-0.25, -0.2) is 0 Å². The maximum atomic E-state index is 14.0. The van der Waals surface area contributed by atoms with Crippen LogP contribution in [-0.4, -0.2) is 131 Å². The van der Waals surface area contributed by atoms with Gasteiger partial charge in [-0.05, 0) is 126 Å². The molecule has 2 heterocycles. The molecule has 4 aromatic rings. The number of rotatable bonds is 22. The number of anilines is 2. The lowest BCUT2D eigenvalue weighted by molar-refractivity contribution is -0.156. The SMILES string of the molecule is CN(CCOCCOCCOCCC(=O)OC(C)(C)C)CCN(C)C(=O)c1cccc(C(=O)Nc2ccc(N3CCCCC3)cc2-c2cc(C(=O)NC3CCCc4ccccc43)ccn2)c1. The van der Waals surface area contributed by atoms with Crippen LogP contribution >= 0.6 is 0 Å². The van der Waals surface area contributed by atoms with E-state index in [1.54, 1.807) is 54.5 Å². The Labute approximate surface area is 390 Å². The highest BCUT2D eigenvalue weighted by Crippen LogP contribution is 2.34. The van der Waals surface area contributed by atoms with E-state index in [1.165, 1.54) is 17.5 Å². The molecule has 3 aromatic carbocycles. The van der Waals surface area contributed by atoms with Crippen molar-refractivity contribution in [2.24, 2.45) is 0 Å². The van der Waals surface area contributed by atoms with Gasteiger partial charge in [-0.3, -0.25) is 24.2 Å². The normalized spacial score (nSPS) is 14.9. The number of nitrogens with zero attached hydrogens (tertiary/aromatic N) is 4. The summed E-state index contributed by atoms with van der Waals surface area (Å²) in [5, 5.41) is 6.37. The van der Waals surface area contributed by atoms with Crippen molar-refractivity contribution >= 4 is 35.1 Å². The second-order valence-corrected chi connectivity index (χ2v) is 18.1. The first kappa shape index (κ1) is 49.8. The van der Waals surface area contributed by atoms with Crippen LogP contribution in [0.4, 0.5) is 11.4 Å². The maximum Gasteiger partial charge on any atom is 0.308 e. The van der Waals surface area contributed by atoms with E-state index in [4.69, 9.17) is 23.9 Å². The molecule has 1 aliphatic carbocycles. The van der Waals surface area contributed by atoms with Crippen LogP contribution in [0.15, 0.2) is 85.1 Å². The molecule has 0 saturated carbocycles. The lowest BCUT2D eigenvalue weighted by Crippen LogP contribution is -2.36. The minimum atomic E-state index is -0.503. The maximum absolute atomic E-state index is 14.0. The number of carbonyl (C=O) groups excluding carboxylic acids is 4. The van der Waals surface area contributed by atoms with Gasteiger partial charge in [-0.1, -0.05) is 30.3 Å². The van der Waals surface area contributed by atoms with E-state index in [9.17, 15) is 19.2 Å². The average Bonchev–Trinajstić information content (AvgIpc) is 3.32. The van der Waals surface area contributed by atoms with Crippen LogP contribution < -0.4 is 15.5 Å². The Bertz CT molecular complexity index is 2240. The number of ether oxygens (including phenoxy) is 4. The molecule has 1 aromatic heterocycles. The van der Waals surface area contributed by atoms with E-state index < -0.39 is 5.60 Å². The first-order valence-corrected chi connectivity index (χ1v) is 23.4. The van der Waals surface area contributed by atoms with E-state index in [1.807, 2.05) is 58.2 Å². The van der Waals surface area contributed by atoms with Gasteiger partial charge in [0.25, 0.3) is 17.7 Å². The van der Waals surface area contributed by atoms with E-state index in [-0.39, 0.29) is 42.8 Å². The number of pyridine rings is 1. The van der Waals surface area contributed by atoms with E-state index >= 15 is 0 Å². The smallest absolute Gasteiger partial charge is 0.308 e. The summed E-state index contributed by atoms with van der Waals surface area (Å²) in [6.45, 7) is 11.6. The van der Waals surface area contributed by atoms with Crippen LogP contribution in [0.1, 0.15) is 108 Å². The molecule has 1 saturated heterocycles. The number of amides is 3. The summed E-state index contributed by atoms with van der Waals surface area (Å²) in [5.74, 6) is -1.01. The largest absolute Gasteiger partial charge is 0.460 e. The van der Waals surface area contributed by atoms with E-state index in [0.29, 0.717) is 86.3 Å². The van der Waals surface area contributed by atoms with Crippen molar-refractivity contribution < 1.29 is 38.1 Å². The van der Waals surface area contributed by atoms with Crippen LogP contribution in [0.2, 0.25) is 0 Å². The summed E-state index contributed by atoms with van der Waals surface area (Å²) in [7, 11) is 3.73. The van der Waals surface area contributed by atoms with Gasteiger partial charge in [0, 0.05) is 73.9 Å². The summed E-state index contributed by atoms with van der Waals surface area (Å²) in [5.41, 5.74) is 6.05. The van der Waals surface area contributed by atoms with Gasteiger partial charge in [0.1, 0.15) is 5.60 Å². The Hall–Kier alpha value is -5.67. The molecule has 0 radical (unpaired) electrons. The van der Waals surface area contributed by atoms with Crippen molar-refractivity contribution in [1.29, 1.82) is 0 Å². The average molecular weight is 905 g/mol. The van der Waals surface area contributed by atoms with Gasteiger partial charge in [-0.2, -0.15) is 0 Å². The van der Waals surface area contributed by atoms with E-state index in [2.05, 4.69) is 32.6 Å². The third-order valence-electron chi connectivity index (χ3n) is 11.7. The number of aryl methyl sites for hydroxylation is 1. The van der Waals surface area contributed by atoms with Gasteiger partial charge in [-0.15, -0.1) is 0 Å². The fourth-order valence-corrected chi connectivity index (χ4v) is 8.12. The van der Waals surface area contributed by atoms with Gasteiger partial charge >= 0.3 is 5.97 Å². The second-order valence-electron chi connectivity index (χ2n) is 18.1. The second kappa shape index (κ2) is 24.7. The fraction of sp³-hybridized carbons (Fsp3) is 0.481. The Morgan fingerprint density at radius 1 is 0.727 bits per heavy atom. The third-order valence-corrected chi connectivity index (χ3v) is 11.7. The highest BCUT2D eigenvalue weighted by Gasteiger charge is 2.24. The van der Waals surface area contributed by atoms with Crippen molar-refractivity contribution in [3.05, 3.63) is 113 Å². The molecule has 6 rings (SSSR count). The molecule has 0 spiro atoms.